The highest BCUT2D eigenvalue weighted by Crippen LogP contribution is 2.60. The molecule has 5 atom stereocenters. The normalized spacial score (nSPS) is 23.8. The first-order valence-electron chi connectivity index (χ1n) is 18.1. The Bertz CT molecular complexity index is 2300. The van der Waals surface area contributed by atoms with E-state index in [4.69, 9.17) is 9.47 Å². The van der Waals surface area contributed by atoms with Crippen molar-refractivity contribution in [1.82, 2.24) is 14.7 Å². The molecule has 0 aliphatic carbocycles. The summed E-state index contributed by atoms with van der Waals surface area (Å²) in [4.78, 5) is 57.8. The average Bonchev–Trinajstić information content (AvgIpc) is 3.73. The van der Waals surface area contributed by atoms with Crippen LogP contribution in [0.5, 0.6) is 5.75 Å². The number of nitrogens with one attached hydrogen (secondary N) is 1. The number of hydrogen-bond acceptors (Lipinski definition) is 7. The molecule has 3 aliphatic heterocycles. The maximum absolute atomic E-state index is 15.1. The maximum Gasteiger partial charge on any atom is 0.279 e. The third-order valence-electron chi connectivity index (χ3n) is 11.6. The molecule has 12 heteroatoms. The fourth-order valence-electron chi connectivity index (χ4n) is 9.09. The fraction of sp³-hybridized carbons (Fsp3) is 0.341. The number of para-hydroxylation sites is 1. The molecule has 5 aromatic rings. The molecular formula is C41H44N4O7Si. The third-order valence-corrected chi connectivity index (χ3v) is 14.1. The number of methoxy groups -OCH3 is 1. The van der Waals surface area contributed by atoms with E-state index in [1.54, 1.807) is 23.0 Å². The summed E-state index contributed by atoms with van der Waals surface area (Å²) in [6.07, 6.45) is -0.244. The van der Waals surface area contributed by atoms with Crippen LogP contribution >= 0.6 is 0 Å². The smallest absolute Gasteiger partial charge is 0.279 e. The van der Waals surface area contributed by atoms with Crippen LogP contribution in [-0.2, 0) is 39.4 Å². The van der Waals surface area contributed by atoms with Gasteiger partial charge in [-0.15, -0.1) is 0 Å². The maximum atomic E-state index is 15.1. The number of fused-ring (bicyclic) bond motifs is 4. The molecule has 4 aromatic carbocycles. The van der Waals surface area contributed by atoms with Gasteiger partial charge in [0.05, 0.1) is 61.1 Å². The van der Waals surface area contributed by atoms with Crippen LogP contribution in [-0.4, -0.2) is 70.6 Å². The SMILES string of the molecule is COc1ccc2c(c1)[C@]1(O[C@@H](CC(=O)N3Cc4ccccc4C[C@H]3CO)[C@H]([Si](C)(C)O)[C@H]1C)C(=O)N2Cc1cccc(-n2[nH]c3ccccc3c2=O)c1. The molecule has 0 bridgehead atoms. The van der Waals surface area contributed by atoms with Crippen LogP contribution < -0.4 is 15.2 Å². The molecule has 0 radical (unpaired) electrons. The minimum absolute atomic E-state index is 0.0414. The molecule has 2 amide bonds. The number of aliphatic hydroxyl groups excluding tert-OH is 1. The zero-order chi connectivity index (χ0) is 37.2. The highest BCUT2D eigenvalue weighted by Gasteiger charge is 2.66. The quantitative estimate of drug-likeness (QED) is 0.191. The van der Waals surface area contributed by atoms with Gasteiger partial charge in [0.15, 0.2) is 13.9 Å². The van der Waals surface area contributed by atoms with E-state index in [1.165, 1.54) is 4.68 Å². The van der Waals surface area contributed by atoms with Gasteiger partial charge in [0.25, 0.3) is 11.5 Å². The Morgan fingerprint density at radius 2 is 1.75 bits per heavy atom. The molecule has 3 N–H and O–H groups in total. The molecule has 8 rings (SSSR count). The van der Waals surface area contributed by atoms with Crippen LogP contribution in [0.25, 0.3) is 16.6 Å². The highest BCUT2D eigenvalue weighted by molar-refractivity contribution is 6.71. The minimum atomic E-state index is -3.06. The number of H-pyrrole nitrogens is 1. The number of anilines is 1. The molecule has 274 valence electrons. The van der Waals surface area contributed by atoms with E-state index in [-0.39, 0.29) is 43.0 Å². The lowest BCUT2D eigenvalue weighted by Gasteiger charge is -2.37. The van der Waals surface area contributed by atoms with Gasteiger partial charge < -0.3 is 29.2 Å². The largest absolute Gasteiger partial charge is 0.497 e. The zero-order valence-electron chi connectivity index (χ0n) is 30.3. The molecule has 1 spiro atoms. The molecular weight excluding hydrogens is 689 g/mol. The van der Waals surface area contributed by atoms with Crippen LogP contribution in [0.2, 0.25) is 18.6 Å². The van der Waals surface area contributed by atoms with Crippen LogP contribution in [0, 0.1) is 5.92 Å². The Morgan fingerprint density at radius 1 is 1.00 bits per heavy atom. The highest BCUT2D eigenvalue weighted by atomic mass is 28.4. The molecule has 3 aliphatic rings. The monoisotopic (exact) mass is 732 g/mol. The summed E-state index contributed by atoms with van der Waals surface area (Å²) in [5.74, 6) is -0.390. The van der Waals surface area contributed by atoms with Crippen molar-refractivity contribution >= 4 is 36.7 Å². The second-order valence-corrected chi connectivity index (χ2v) is 19.1. The van der Waals surface area contributed by atoms with E-state index < -0.39 is 31.5 Å². The van der Waals surface area contributed by atoms with Gasteiger partial charge in [-0.25, -0.2) is 4.68 Å². The predicted molar refractivity (Wildman–Crippen MR) is 203 cm³/mol. The lowest BCUT2D eigenvalue weighted by atomic mass is 9.82. The summed E-state index contributed by atoms with van der Waals surface area (Å²) in [5.41, 5.74) is 3.50. The van der Waals surface area contributed by atoms with Crippen LogP contribution in [0.3, 0.4) is 0 Å². The number of aromatic nitrogens is 2. The molecule has 4 heterocycles. The van der Waals surface area contributed by atoms with Crippen molar-refractivity contribution in [2.45, 2.75) is 69.2 Å². The molecule has 0 unspecified atom stereocenters. The van der Waals surface area contributed by atoms with Crippen molar-refractivity contribution in [3.8, 4) is 11.4 Å². The summed E-state index contributed by atoms with van der Waals surface area (Å²) in [6.45, 7) is 6.01. The summed E-state index contributed by atoms with van der Waals surface area (Å²) in [6, 6.07) is 27.9. The number of benzene rings is 4. The topological polar surface area (TPSA) is 137 Å². The number of ether oxygens (including phenoxy) is 2. The molecule has 1 aromatic heterocycles. The number of aliphatic hydroxyl groups is 1. The Morgan fingerprint density at radius 3 is 2.49 bits per heavy atom. The molecule has 1 saturated heterocycles. The van der Waals surface area contributed by atoms with E-state index in [0.29, 0.717) is 41.0 Å². The van der Waals surface area contributed by atoms with Gasteiger partial charge in [-0.05, 0) is 78.7 Å². The van der Waals surface area contributed by atoms with Crippen LogP contribution in [0.4, 0.5) is 5.69 Å². The van der Waals surface area contributed by atoms with Crippen molar-refractivity contribution < 1.29 is 29.0 Å². The second-order valence-electron chi connectivity index (χ2n) is 15.1. The van der Waals surface area contributed by atoms with E-state index in [2.05, 4.69) is 5.10 Å². The molecule has 0 saturated carbocycles. The number of aromatic amines is 1. The van der Waals surface area contributed by atoms with Crippen LogP contribution in [0.15, 0.2) is 95.8 Å². The van der Waals surface area contributed by atoms with Gasteiger partial charge in [0, 0.05) is 23.6 Å². The first-order chi connectivity index (χ1) is 25.4. The molecule has 53 heavy (non-hydrogen) atoms. The number of nitrogens with zero attached hydrogens (tertiary/aromatic N) is 3. The van der Waals surface area contributed by atoms with E-state index >= 15 is 4.79 Å². The van der Waals surface area contributed by atoms with Crippen molar-refractivity contribution in [2.24, 2.45) is 5.92 Å². The van der Waals surface area contributed by atoms with Crippen molar-refractivity contribution in [3.63, 3.8) is 0 Å². The van der Waals surface area contributed by atoms with Crippen molar-refractivity contribution in [3.05, 3.63) is 124 Å². The van der Waals surface area contributed by atoms with Gasteiger partial charge in [-0.3, -0.25) is 19.5 Å². The third kappa shape index (κ3) is 5.72. The number of amides is 2. The summed E-state index contributed by atoms with van der Waals surface area (Å²) < 4.78 is 14.1. The van der Waals surface area contributed by atoms with Crippen LogP contribution in [0.1, 0.15) is 35.6 Å². The average molecular weight is 733 g/mol. The standard InChI is InChI=1S/C41H44N4O7Si/c1-25-38(53(3,4)50)36(21-37(47)43-23-28-12-6-5-11-27(28)19-30(43)24-46)52-41(25)33-20-31(51-2)16-17-35(33)44(40(41)49)22-26-10-9-13-29(18-26)45-39(48)32-14-7-8-15-34(32)42-45/h5-18,20,25,30,36,38,42,46,50H,19,21-24H2,1-4H3/t25-,30+,36+,38-,41+/m1/s1. The fourth-order valence-corrected chi connectivity index (χ4v) is 11.6. The van der Waals surface area contributed by atoms with Gasteiger partial charge >= 0.3 is 0 Å². The second kappa shape index (κ2) is 13.1. The Labute approximate surface area is 308 Å². The van der Waals surface area contributed by atoms with Gasteiger partial charge in [0.1, 0.15) is 5.75 Å². The Hall–Kier alpha value is -5.01. The lowest BCUT2D eigenvalue weighted by Crippen LogP contribution is -2.48. The molecule has 1 fully saturated rings. The van der Waals surface area contributed by atoms with Gasteiger partial charge in [-0.2, -0.15) is 0 Å². The van der Waals surface area contributed by atoms with Crippen molar-refractivity contribution in [1.29, 1.82) is 0 Å². The summed E-state index contributed by atoms with van der Waals surface area (Å²) in [7, 11) is -1.49. The van der Waals surface area contributed by atoms with Gasteiger partial charge in [0.2, 0.25) is 5.91 Å². The first kappa shape index (κ1) is 35.0. The summed E-state index contributed by atoms with van der Waals surface area (Å²) >= 11 is 0. The molecule has 11 nitrogen and oxygen atoms in total. The Balaban J connectivity index is 1.14. The van der Waals surface area contributed by atoms with E-state index in [1.807, 2.05) is 105 Å². The van der Waals surface area contributed by atoms with E-state index in [0.717, 1.165) is 22.2 Å². The number of carbonyl (C=O) groups excluding carboxylic acids is 2. The zero-order valence-corrected chi connectivity index (χ0v) is 31.3. The van der Waals surface area contributed by atoms with Crippen molar-refractivity contribution in [2.75, 3.05) is 18.6 Å². The lowest BCUT2D eigenvalue weighted by molar-refractivity contribution is -0.151. The predicted octanol–water partition coefficient (Wildman–Crippen LogP) is 5.01. The summed E-state index contributed by atoms with van der Waals surface area (Å²) in [5, 5.41) is 14.1. The minimum Gasteiger partial charge on any atom is -0.497 e. The number of carbonyl (C=O) groups is 2. The number of hydrogen-bond donors (Lipinski definition) is 3. The van der Waals surface area contributed by atoms with Gasteiger partial charge in [-0.1, -0.05) is 55.5 Å². The Kier molecular flexibility index (Phi) is 8.68. The number of rotatable bonds is 8. The van der Waals surface area contributed by atoms with E-state index in [9.17, 15) is 19.5 Å². The first-order valence-corrected chi connectivity index (χ1v) is 21.1.